The molecule has 0 bridgehead atoms. The Labute approximate surface area is 145 Å². The Kier molecular flexibility index (Phi) is 9.79. The maximum Gasteiger partial charge on any atom is 0.543 e. The SMILES string of the molecule is CCCCOCCOC(=O)OOOC(=O)c1cccc(OC)c1OC. The molecule has 0 fully saturated rings. The van der Waals surface area contributed by atoms with E-state index in [4.69, 9.17) is 14.2 Å². The van der Waals surface area contributed by atoms with Gasteiger partial charge in [0.2, 0.25) is 0 Å². The van der Waals surface area contributed by atoms with Crippen LogP contribution in [-0.4, -0.2) is 46.2 Å². The summed E-state index contributed by atoms with van der Waals surface area (Å²) >= 11 is 0. The molecule has 0 spiro atoms. The van der Waals surface area contributed by atoms with E-state index in [1.165, 1.54) is 20.3 Å². The maximum atomic E-state index is 11.9. The van der Waals surface area contributed by atoms with Crippen molar-refractivity contribution in [3.8, 4) is 11.5 Å². The Balaban J connectivity index is 2.32. The van der Waals surface area contributed by atoms with Crippen molar-refractivity contribution in [2.45, 2.75) is 19.8 Å². The molecule has 0 N–H and O–H groups in total. The highest BCUT2D eigenvalue weighted by molar-refractivity contribution is 5.93. The molecule has 0 aliphatic heterocycles. The molecule has 0 heterocycles. The molecule has 0 saturated heterocycles. The molecule has 25 heavy (non-hydrogen) atoms. The molecule has 0 radical (unpaired) electrons. The third kappa shape index (κ3) is 7.27. The van der Waals surface area contributed by atoms with Gasteiger partial charge in [0, 0.05) is 6.61 Å². The van der Waals surface area contributed by atoms with Crippen molar-refractivity contribution in [2.24, 2.45) is 0 Å². The van der Waals surface area contributed by atoms with E-state index < -0.39 is 12.1 Å². The first-order chi connectivity index (χ1) is 12.1. The minimum absolute atomic E-state index is 0.0104. The number of carbonyl (C=O) groups excluding carboxylic acids is 2. The lowest BCUT2D eigenvalue weighted by Crippen LogP contribution is -2.15. The van der Waals surface area contributed by atoms with Gasteiger partial charge in [0.25, 0.3) is 0 Å². The van der Waals surface area contributed by atoms with Crippen LogP contribution in [0.25, 0.3) is 0 Å². The second-order valence-corrected chi connectivity index (χ2v) is 4.63. The van der Waals surface area contributed by atoms with E-state index in [0.717, 1.165) is 12.8 Å². The van der Waals surface area contributed by atoms with Gasteiger partial charge in [-0.25, -0.2) is 14.5 Å². The summed E-state index contributed by atoms with van der Waals surface area (Å²) in [5, 5.41) is 4.12. The van der Waals surface area contributed by atoms with Crippen molar-refractivity contribution >= 4 is 12.1 Å². The molecule has 0 aliphatic rings. The minimum Gasteiger partial charge on any atom is -0.493 e. The molecule has 0 atom stereocenters. The van der Waals surface area contributed by atoms with Gasteiger partial charge in [0.05, 0.1) is 25.9 Å². The Bertz CT molecular complexity index is 544. The normalized spacial score (nSPS) is 10.0. The van der Waals surface area contributed by atoms with Crippen molar-refractivity contribution in [2.75, 3.05) is 34.0 Å². The Hall–Kier alpha value is -2.52. The second kappa shape index (κ2) is 11.9. The number of ether oxygens (including phenoxy) is 4. The van der Waals surface area contributed by atoms with Gasteiger partial charge in [0.15, 0.2) is 11.5 Å². The van der Waals surface area contributed by atoms with Crippen LogP contribution >= 0.6 is 0 Å². The molecule has 1 aromatic rings. The number of carbonyl (C=O) groups is 2. The van der Waals surface area contributed by atoms with Crippen LogP contribution in [-0.2, 0) is 24.3 Å². The van der Waals surface area contributed by atoms with Crippen molar-refractivity contribution in [3.05, 3.63) is 23.8 Å². The maximum absolute atomic E-state index is 11.9. The number of methoxy groups -OCH3 is 2. The fourth-order valence-corrected chi connectivity index (χ4v) is 1.72. The van der Waals surface area contributed by atoms with E-state index in [0.29, 0.717) is 12.4 Å². The van der Waals surface area contributed by atoms with Crippen molar-refractivity contribution in [1.82, 2.24) is 0 Å². The van der Waals surface area contributed by atoms with Crippen molar-refractivity contribution in [3.63, 3.8) is 0 Å². The standard InChI is InChI=1S/C16H22O9/c1-4-5-9-21-10-11-22-16(18)24-25-23-15(17)12-7-6-8-13(19-2)14(12)20-3/h6-8H,4-5,9-11H2,1-3H3. The van der Waals surface area contributed by atoms with E-state index in [9.17, 15) is 9.59 Å². The quantitative estimate of drug-likeness (QED) is 0.256. The van der Waals surface area contributed by atoms with Crippen LogP contribution in [0.4, 0.5) is 4.79 Å². The first-order valence-corrected chi connectivity index (χ1v) is 7.65. The van der Waals surface area contributed by atoms with Gasteiger partial charge in [0.1, 0.15) is 12.2 Å². The molecule has 9 heteroatoms. The molecular formula is C16H22O9. The fraction of sp³-hybridized carbons (Fsp3) is 0.500. The molecule has 0 amide bonds. The van der Waals surface area contributed by atoms with Gasteiger partial charge in [-0.15, -0.1) is 0 Å². The van der Waals surface area contributed by atoms with Crippen LogP contribution < -0.4 is 9.47 Å². The average Bonchev–Trinajstić information content (AvgIpc) is 2.63. The summed E-state index contributed by atoms with van der Waals surface area (Å²) in [6.07, 6.45) is 0.779. The topological polar surface area (TPSA) is 98.8 Å². The first-order valence-electron chi connectivity index (χ1n) is 7.65. The zero-order chi connectivity index (χ0) is 18.5. The Morgan fingerprint density at radius 3 is 2.48 bits per heavy atom. The summed E-state index contributed by atoms with van der Waals surface area (Å²) < 4.78 is 20.0. The summed E-state index contributed by atoms with van der Waals surface area (Å²) in [5.41, 5.74) is 0.0307. The van der Waals surface area contributed by atoms with Gasteiger partial charge in [-0.3, -0.25) is 4.89 Å². The van der Waals surface area contributed by atoms with E-state index >= 15 is 0 Å². The molecule has 0 saturated carbocycles. The molecule has 0 unspecified atom stereocenters. The third-order valence-electron chi connectivity index (χ3n) is 2.92. The van der Waals surface area contributed by atoms with Crippen LogP contribution in [0, 0.1) is 0 Å². The molecule has 140 valence electrons. The first kappa shape index (κ1) is 20.5. The summed E-state index contributed by atoms with van der Waals surface area (Å²) in [4.78, 5) is 31.6. The van der Waals surface area contributed by atoms with Crippen LogP contribution in [0.3, 0.4) is 0 Å². The van der Waals surface area contributed by atoms with Gasteiger partial charge in [-0.2, -0.15) is 0 Å². The summed E-state index contributed by atoms with van der Waals surface area (Å²) in [5.74, 6) is -0.447. The number of hydrogen-bond acceptors (Lipinski definition) is 9. The van der Waals surface area contributed by atoms with Crippen molar-refractivity contribution < 1.29 is 43.3 Å². The largest absolute Gasteiger partial charge is 0.543 e. The van der Waals surface area contributed by atoms with Crippen molar-refractivity contribution in [1.29, 1.82) is 0 Å². The predicted octanol–water partition coefficient (Wildman–Crippen LogP) is 2.68. The molecule has 0 aromatic heterocycles. The van der Waals surface area contributed by atoms with E-state index in [1.807, 2.05) is 6.92 Å². The average molecular weight is 358 g/mol. The van der Waals surface area contributed by atoms with Crippen LogP contribution in [0.2, 0.25) is 0 Å². The molecular weight excluding hydrogens is 336 g/mol. The molecule has 0 aliphatic carbocycles. The number of unbranched alkanes of at least 4 members (excludes halogenated alkanes) is 1. The zero-order valence-corrected chi connectivity index (χ0v) is 14.4. The summed E-state index contributed by atoms with van der Waals surface area (Å²) in [6, 6.07) is 4.59. The van der Waals surface area contributed by atoms with Gasteiger partial charge >= 0.3 is 12.1 Å². The highest BCUT2D eigenvalue weighted by atomic mass is 17.5. The van der Waals surface area contributed by atoms with Gasteiger partial charge in [-0.1, -0.05) is 19.4 Å². The second-order valence-electron chi connectivity index (χ2n) is 4.63. The molecule has 9 nitrogen and oxygen atoms in total. The van der Waals surface area contributed by atoms with Gasteiger partial charge in [-0.05, 0) is 18.6 Å². The van der Waals surface area contributed by atoms with Crippen LogP contribution in [0.15, 0.2) is 18.2 Å². The molecule has 1 aromatic carbocycles. The lowest BCUT2D eigenvalue weighted by atomic mass is 10.2. The highest BCUT2D eigenvalue weighted by Gasteiger charge is 2.19. The zero-order valence-electron chi connectivity index (χ0n) is 14.4. The summed E-state index contributed by atoms with van der Waals surface area (Å²) in [6.45, 7) is 2.85. The van der Waals surface area contributed by atoms with E-state index in [2.05, 4.69) is 19.6 Å². The van der Waals surface area contributed by atoms with E-state index in [1.54, 1.807) is 12.1 Å². The number of rotatable bonds is 11. The number of hydrogen-bond donors (Lipinski definition) is 0. The Morgan fingerprint density at radius 1 is 1.00 bits per heavy atom. The fourth-order valence-electron chi connectivity index (χ4n) is 1.72. The van der Waals surface area contributed by atoms with Crippen LogP contribution in [0.1, 0.15) is 30.1 Å². The smallest absolute Gasteiger partial charge is 0.493 e. The lowest BCUT2D eigenvalue weighted by molar-refractivity contribution is -0.452. The number of benzene rings is 1. The predicted molar refractivity (Wildman–Crippen MR) is 84.2 cm³/mol. The van der Waals surface area contributed by atoms with E-state index in [-0.39, 0.29) is 24.5 Å². The highest BCUT2D eigenvalue weighted by Crippen LogP contribution is 2.31. The lowest BCUT2D eigenvalue weighted by Gasteiger charge is -2.10. The summed E-state index contributed by atoms with van der Waals surface area (Å²) in [7, 11) is 2.79. The molecule has 1 rings (SSSR count). The minimum atomic E-state index is -1.16. The Morgan fingerprint density at radius 2 is 1.80 bits per heavy atom. The third-order valence-corrected chi connectivity index (χ3v) is 2.92. The number of para-hydroxylation sites is 1. The van der Waals surface area contributed by atoms with Crippen LogP contribution in [0.5, 0.6) is 11.5 Å². The van der Waals surface area contributed by atoms with Gasteiger partial charge < -0.3 is 18.9 Å². The monoisotopic (exact) mass is 358 g/mol.